The van der Waals surface area contributed by atoms with E-state index in [1.54, 1.807) is 26.0 Å². The molecule has 1 aromatic heterocycles. The van der Waals surface area contributed by atoms with Crippen LogP contribution in [0.1, 0.15) is 41.3 Å². The number of hydrogen-bond acceptors (Lipinski definition) is 5. The Morgan fingerprint density at radius 3 is 2.41 bits per heavy atom. The molecule has 0 atom stereocenters. The molecule has 0 radical (unpaired) electrons. The van der Waals surface area contributed by atoms with Gasteiger partial charge in [-0.15, -0.1) is 5.10 Å². The number of anilines is 1. The number of amides is 1. The lowest BCUT2D eigenvalue weighted by Crippen LogP contribution is -2.35. The van der Waals surface area contributed by atoms with Gasteiger partial charge in [-0.25, -0.2) is 22.5 Å². The number of piperidine rings is 1. The van der Waals surface area contributed by atoms with Crippen LogP contribution < -0.4 is 5.32 Å². The summed E-state index contributed by atoms with van der Waals surface area (Å²) in [6.07, 6.45) is 2.71. The summed E-state index contributed by atoms with van der Waals surface area (Å²) in [6.45, 7) is 4.47. The molecule has 4 rings (SSSR count). The Morgan fingerprint density at radius 1 is 1.03 bits per heavy atom. The number of halogens is 1. The van der Waals surface area contributed by atoms with Gasteiger partial charge in [0.1, 0.15) is 11.6 Å². The molecule has 1 fully saturated rings. The lowest BCUT2D eigenvalue weighted by molar-refractivity contribution is 0.101. The second-order valence-electron chi connectivity index (χ2n) is 7.77. The first kappa shape index (κ1) is 22.1. The Bertz CT molecular complexity index is 1250. The molecule has 1 saturated heterocycles. The van der Waals surface area contributed by atoms with Crippen LogP contribution in [0.2, 0.25) is 0 Å². The van der Waals surface area contributed by atoms with Crippen LogP contribution in [-0.2, 0) is 10.0 Å². The van der Waals surface area contributed by atoms with Gasteiger partial charge in [0.15, 0.2) is 0 Å². The van der Waals surface area contributed by atoms with Crippen molar-refractivity contribution in [3.05, 3.63) is 65.5 Å². The third-order valence-electron chi connectivity index (χ3n) is 5.45. The monoisotopic (exact) mass is 457 g/mol. The standard InChI is InChI=1S/C22H24FN5O3S/c1-15-6-11-19(32(30,31)27-12-4-3-5-13-27)14-20(15)25-22(29)21-24-16(2)28(26-21)18-9-7-17(23)8-10-18/h6-11,14H,3-5,12-13H2,1-2H3,(H,25,29). The highest BCUT2D eigenvalue weighted by Crippen LogP contribution is 2.25. The number of carbonyl (C=O) groups is 1. The van der Waals surface area contributed by atoms with E-state index < -0.39 is 15.9 Å². The van der Waals surface area contributed by atoms with Gasteiger partial charge in [0.05, 0.1) is 10.6 Å². The van der Waals surface area contributed by atoms with E-state index in [-0.39, 0.29) is 16.5 Å². The first-order chi connectivity index (χ1) is 15.3. The van der Waals surface area contributed by atoms with E-state index in [2.05, 4.69) is 15.4 Å². The minimum absolute atomic E-state index is 0.0736. The summed E-state index contributed by atoms with van der Waals surface area (Å²) in [5.41, 5.74) is 1.66. The molecule has 168 valence electrons. The van der Waals surface area contributed by atoms with Crippen molar-refractivity contribution in [2.24, 2.45) is 0 Å². The molecule has 1 amide bonds. The lowest BCUT2D eigenvalue weighted by atomic mass is 10.2. The Labute approximate surface area is 186 Å². The Morgan fingerprint density at radius 2 is 1.72 bits per heavy atom. The third kappa shape index (κ3) is 4.42. The maximum Gasteiger partial charge on any atom is 0.295 e. The van der Waals surface area contributed by atoms with Crippen molar-refractivity contribution in [2.45, 2.75) is 38.0 Å². The molecular formula is C22H24FN5O3S. The Kier molecular flexibility index (Phi) is 6.07. The van der Waals surface area contributed by atoms with E-state index in [1.165, 1.54) is 39.3 Å². The molecule has 1 N–H and O–H groups in total. The largest absolute Gasteiger partial charge is 0.319 e. The number of sulfonamides is 1. The maximum atomic E-state index is 13.2. The molecule has 2 heterocycles. The molecule has 0 unspecified atom stereocenters. The van der Waals surface area contributed by atoms with Crippen LogP contribution >= 0.6 is 0 Å². The number of carbonyl (C=O) groups excluding carboxylic acids is 1. The van der Waals surface area contributed by atoms with Crippen LogP contribution in [0.5, 0.6) is 0 Å². The third-order valence-corrected chi connectivity index (χ3v) is 7.35. The van der Waals surface area contributed by atoms with Gasteiger partial charge in [0, 0.05) is 18.8 Å². The molecule has 0 bridgehead atoms. The molecule has 2 aromatic carbocycles. The zero-order valence-electron chi connectivity index (χ0n) is 17.9. The van der Waals surface area contributed by atoms with Crippen molar-refractivity contribution in [1.29, 1.82) is 0 Å². The first-order valence-electron chi connectivity index (χ1n) is 10.4. The van der Waals surface area contributed by atoms with Crippen molar-refractivity contribution in [3.63, 3.8) is 0 Å². The fourth-order valence-corrected chi connectivity index (χ4v) is 5.19. The minimum atomic E-state index is -3.63. The SMILES string of the molecule is Cc1ccc(S(=O)(=O)N2CCCCC2)cc1NC(=O)c1nc(C)n(-c2ccc(F)cc2)n1. The highest BCUT2D eigenvalue weighted by atomic mass is 32.2. The quantitative estimate of drug-likeness (QED) is 0.633. The molecule has 8 nitrogen and oxygen atoms in total. The summed E-state index contributed by atoms with van der Waals surface area (Å²) in [5.74, 6) is -0.556. The average molecular weight is 458 g/mol. The van der Waals surface area contributed by atoms with Crippen LogP contribution in [0.4, 0.5) is 10.1 Å². The summed E-state index contributed by atoms with van der Waals surface area (Å²) in [5, 5.41) is 6.95. The number of aromatic nitrogens is 3. The average Bonchev–Trinajstić information content (AvgIpc) is 3.18. The number of hydrogen-bond donors (Lipinski definition) is 1. The van der Waals surface area contributed by atoms with Crippen LogP contribution in [0.25, 0.3) is 5.69 Å². The van der Waals surface area contributed by atoms with Gasteiger partial charge in [-0.1, -0.05) is 12.5 Å². The summed E-state index contributed by atoms with van der Waals surface area (Å²) in [7, 11) is -3.63. The van der Waals surface area contributed by atoms with E-state index in [4.69, 9.17) is 0 Å². The molecule has 0 spiro atoms. The van der Waals surface area contributed by atoms with Crippen LogP contribution in [0.15, 0.2) is 47.4 Å². The number of rotatable bonds is 5. The van der Waals surface area contributed by atoms with Gasteiger partial charge < -0.3 is 5.32 Å². The second kappa shape index (κ2) is 8.79. The summed E-state index contributed by atoms with van der Waals surface area (Å²) >= 11 is 0. The van der Waals surface area contributed by atoms with Gasteiger partial charge in [-0.05, 0) is 68.7 Å². The number of nitrogens with zero attached hydrogens (tertiary/aromatic N) is 4. The summed E-state index contributed by atoms with van der Waals surface area (Å²) in [6, 6.07) is 10.4. The van der Waals surface area contributed by atoms with Gasteiger partial charge in [-0.3, -0.25) is 4.79 Å². The van der Waals surface area contributed by atoms with E-state index in [0.29, 0.717) is 35.9 Å². The number of aryl methyl sites for hydroxylation is 2. The Hall–Kier alpha value is -3.11. The van der Waals surface area contributed by atoms with E-state index in [1.807, 2.05) is 0 Å². The van der Waals surface area contributed by atoms with Crippen LogP contribution in [0.3, 0.4) is 0 Å². The van der Waals surface area contributed by atoms with Crippen molar-refractivity contribution in [2.75, 3.05) is 18.4 Å². The first-order valence-corrected chi connectivity index (χ1v) is 11.8. The second-order valence-corrected chi connectivity index (χ2v) is 9.70. The van der Waals surface area contributed by atoms with Gasteiger partial charge >= 0.3 is 0 Å². The van der Waals surface area contributed by atoms with E-state index in [0.717, 1.165) is 19.3 Å². The molecule has 0 saturated carbocycles. The Balaban J connectivity index is 1.58. The highest BCUT2D eigenvalue weighted by Gasteiger charge is 2.27. The lowest BCUT2D eigenvalue weighted by Gasteiger charge is -2.26. The fourth-order valence-electron chi connectivity index (χ4n) is 3.64. The zero-order chi connectivity index (χ0) is 22.9. The van der Waals surface area contributed by atoms with Crippen molar-refractivity contribution < 1.29 is 17.6 Å². The van der Waals surface area contributed by atoms with Crippen molar-refractivity contribution in [3.8, 4) is 5.69 Å². The molecule has 1 aliphatic heterocycles. The minimum Gasteiger partial charge on any atom is -0.319 e. The molecule has 0 aliphatic carbocycles. The van der Waals surface area contributed by atoms with E-state index >= 15 is 0 Å². The topological polar surface area (TPSA) is 97.2 Å². The molecule has 1 aliphatic rings. The fraction of sp³-hybridized carbons (Fsp3) is 0.318. The van der Waals surface area contributed by atoms with Crippen LogP contribution in [0, 0.1) is 19.7 Å². The van der Waals surface area contributed by atoms with Gasteiger partial charge in [0.25, 0.3) is 5.91 Å². The summed E-state index contributed by atoms with van der Waals surface area (Å²) < 4.78 is 42.1. The van der Waals surface area contributed by atoms with Crippen molar-refractivity contribution >= 4 is 21.6 Å². The predicted octanol–water partition coefficient (Wildman–Crippen LogP) is 3.45. The molecule has 3 aromatic rings. The van der Waals surface area contributed by atoms with E-state index in [9.17, 15) is 17.6 Å². The van der Waals surface area contributed by atoms with Crippen LogP contribution in [-0.4, -0.2) is 46.5 Å². The summed E-state index contributed by atoms with van der Waals surface area (Å²) in [4.78, 5) is 17.2. The maximum absolute atomic E-state index is 13.2. The predicted molar refractivity (Wildman–Crippen MR) is 118 cm³/mol. The highest BCUT2D eigenvalue weighted by molar-refractivity contribution is 7.89. The van der Waals surface area contributed by atoms with Gasteiger partial charge in [-0.2, -0.15) is 4.31 Å². The number of benzene rings is 2. The molecule has 10 heteroatoms. The molecular weight excluding hydrogens is 433 g/mol. The molecule has 32 heavy (non-hydrogen) atoms. The zero-order valence-corrected chi connectivity index (χ0v) is 18.7. The normalized spacial score (nSPS) is 15.0. The van der Waals surface area contributed by atoms with Crippen molar-refractivity contribution in [1.82, 2.24) is 19.1 Å². The number of nitrogens with one attached hydrogen (secondary N) is 1. The van der Waals surface area contributed by atoms with Gasteiger partial charge in [0.2, 0.25) is 15.8 Å². The smallest absolute Gasteiger partial charge is 0.295 e.